The molecule has 0 spiro atoms. The maximum atomic E-state index is 6.02. The van der Waals surface area contributed by atoms with Crippen molar-refractivity contribution in [2.45, 2.75) is 13.3 Å². The first kappa shape index (κ1) is 12.0. The lowest BCUT2D eigenvalue weighted by atomic mass is 10.2. The van der Waals surface area contributed by atoms with Crippen LogP contribution in [0, 0.1) is 0 Å². The van der Waals surface area contributed by atoms with Crippen LogP contribution in [0.25, 0.3) is 22.6 Å². The van der Waals surface area contributed by atoms with Gasteiger partial charge in [0, 0.05) is 10.9 Å². The van der Waals surface area contributed by atoms with Crippen LogP contribution in [0.3, 0.4) is 0 Å². The van der Waals surface area contributed by atoms with Crippen LogP contribution in [0.5, 0.6) is 5.75 Å². The third-order valence-corrected chi connectivity index (χ3v) is 4.09. The van der Waals surface area contributed by atoms with Gasteiger partial charge in [0.25, 0.3) is 0 Å². The van der Waals surface area contributed by atoms with Crippen molar-refractivity contribution < 1.29 is 9.15 Å². The van der Waals surface area contributed by atoms with Gasteiger partial charge in [-0.3, -0.25) is 0 Å². The molecule has 1 aromatic carbocycles. The lowest BCUT2D eigenvalue weighted by Crippen LogP contribution is -1.82. The zero-order valence-electron chi connectivity index (χ0n) is 10.8. The molecule has 2 aromatic heterocycles. The summed E-state index contributed by atoms with van der Waals surface area (Å²) in [4.78, 5) is 5.70. The van der Waals surface area contributed by atoms with Crippen LogP contribution < -0.4 is 10.5 Å². The van der Waals surface area contributed by atoms with Gasteiger partial charge < -0.3 is 14.9 Å². The Balaban J connectivity index is 2.11. The molecule has 0 radical (unpaired) electrons. The van der Waals surface area contributed by atoms with E-state index in [1.54, 1.807) is 18.4 Å². The van der Waals surface area contributed by atoms with Crippen LogP contribution in [-0.2, 0) is 6.42 Å². The van der Waals surface area contributed by atoms with Crippen molar-refractivity contribution in [3.8, 4) is 17.2 Å². The molecule has 19 heavy (non-hydrogen) atoms. The van der Waals surface area contributed by atoms with Crippen molar-refractivity contribution in [1.29, 1.82) is 0 Å². The highest BCUT2D eigenvalue weighted by molar-refractivity contribution is 7.16. The highest BCUT2D eigenvalue weighted by atomic mass is 32.1. The maximum Gasteiger partial charge on any atom is 0.230 e. The highest BCUT2D eigenvalue weighted by Gasteiger charge is 2.14. The molecule has 4 nitrogen and oxygen atoms in total. The Morgan fingerprint density at radius 1 is 1.37 bits per heavy atom. The van der Waals surface area contributed by atoms with Gasteiger partial charge in [-0.05, 0) is 24.6 Å². The van der Waals surface area contributed by atoms with Crippen LogP contribution in [-0.4, -0.2) is 12.1 Å². The lowest BCUT2D eigenvalue weighted by molar-refractivity contribution is 0.414. The van der Waals surface area contributed by atoms with E-state index < -0.39 is 0 Å². The number of hydrogen-bond acceptors (Lipinski definition) is 5. The summed E-state index contributed by atoms with van der Waals surface area (Å²) in [7, 11) is 1.63. The van der Waals surface area contributed by atoms with Crippen molar-refractivity contribution in [3.05, 3.63) is 29.1 Å². The van der Waals surface area contributed by atoms with Crippen molar-refractivity contribution in [2.24, 2.45) is 0 Å². The number of anilines is 1. The predicted molar refractivity (Wildman–Crippen MR) is 77.7 cm³/mol. The van der Waals surface area contributed by atoms with Crippen LogP contribution in [0.1, 0.15) is 11.8 Å². The standard InChI is InChI=1S/C14H14N2O2S/c1-3-9-7-10(13(15)19-9)14-16-11-5-4-8(17-2)6-12(11)18-14/h4-7H,3,15H2,1-2H3. The Bertz CT molecular complexity index is 730. The van der Waals surface area contributed by atoms with Crippen molar-refractivity contribution in [2.75, 3.05) is 12.8 Å². The first-order valence-corrected chi connectivity index (χ1v) is 6.86. The van der Waals surface area contributed by atoms with Gasteiger partial charge in [-0.1, -0.05) is 6.92 Å². The van der Waals surface area contributed by atoms with Gasteiger partial charge in [-0.15, -0.1) is 11.3 Å². The third-order valence-electron chi connectivity index (χ3n) is 2.99. The summed E-state index contributed by atoms with van der Waals surface area (Å²) >= 11 is 1.58. The number of aromatic nitrogens is 1. The summed E-state index contributed by atoms with van der Waals surface area (Å²) < 4.78 is 10.9. The number of rotatable bonds is 3. The maximum absolute atomic E-state index is 6.02. The minimum Gasteiger partial charge on any atom is -0.497 e. The normalized spacial score (nSPS) is 11.1. The van der Waals surface area contributed by atoms with Crippen LogP contribution in [0.15, 0.2) is 28.7 Å². The summed E-state index contributed by atoms with van der Waals surface area (Å²) in [5.74, 6) is 1.32. The van der Waals surface area contributed by atoms with E-state index in [-0.39, 0.29) is 0 Å². The molecule has 0 aliphatic rings. The summed E-state index contributed by atoms with van der Waals surface area (Å²) in [6, 6.07) is 7.62. The topological polar surface area (TPSA) is 61.3 Å². The largest absolute Gasteiger partial charge is 0.497 e. The first-order chi connectivity index (χ1) is 9.21. The van der Waals surface area contributed by atoms with Gasteiger partial charge in [0.1, 0.15) is 11.3 Å². The quantitative estimate of drug-likeness (QED) is 0.791. The molecular weight excluding hydrogens is 260 g/mol. The molecule has 5 heteroatoms. The fraction of sp³-hybridized carbons (Fsp3) is 0.214. The number of fused-ring (bicyclic) bond motifs is 1. The van der Waals surface area contributed by atoms with E-state index in [4.69, 9.17) is 14.9 Å². The highest BCUT2D eigenvalue weighted by Crippen LogP contribution is 2.35. The Kier molecular flexibility index (Phi) is 2.91. The van der Waals surface area contributed by atoms with E-state index in [2.05, 4.69) is 11.9 Å². The fourth-order valence-corrected chi connectivity index (χ4v) is 2.81. The molecule has 0 bridgehead atoms. The molecular formula is C14H14N2O2S. The molecule has 0 atom stereocenters. The van der Waals surface area contributed by atoms with Crippen molar-refractivity contribution >= 4 is 27.4 Å². The van der Waals surface area contributed by atoms with E-state index in [9.17, 15) is 0 Å². The van der Waals surface area contributed by atoms with Gasteiger partial charge in [-0.2, -0.15) is 0 Å². The second-order valence-electron chi connectivity index (χ2n) is 4.20. The minimum atomic E-state index is 0.566. The number of hydrogen-bond donors (Lipinski definition) is 1. The number of thiophene rings is 1. The van der Waals surface area contributed by atoms with E-state index >= 15 is 0 Å². The number of ether oxygens (including phenoxy) is 1. The number of nitrogen functional groups attached to an aromatic ring is 1. The molecule has 0 aliphatic heterocycles. The van der Waals surface area contributed by atoms with E-state index in [1.165, 1.54) is 4.88 Å². The Hall–Kier alpha value is -2.01. The Morgan fingerprint density at radius 2 is 2.21 bits per heavy atom. The summed E-state index contributed by atoms with van der Waals surface area (Å²) in [6.45, 7) is 2.10. The first-order valence-electron chi connectivity index (χ1n) is 6.04. The molecule has 3 rings (SSSR count). The molecule has 2 N–H and O–H groups in total. The van der Waals surface area contributed by atoms with Gasteiger partial charge >= 0.3 is 0 Å². The van der Waals surface area contributed by atoms with Crippen LogP contribution in [0.4, 0.5) is 5.00 Å². The van der Waals surface area contributed by atoms with E-state index in [0.717, 1.165) is 28.3 Å². The number of benzene rings is 1. The van der Waals surface area contributed by atoms with Gasteiger partial charge in [0.05, 0.1) is 17.7 Å². The van der Waals surface area contributed by atoms with E-state index in [0.29, 0.717) is 11.5 Å². The van der Waals surface area contributed by atoms with Crippen molar-refractivity contribution in [1.82, 2.24) is 4.98 Å². The summed E-state index contributed by atoms with van der Waals surface area (Å²) in [5.41, 5.74) is 8.40. The van der Waals surface area contributed by atoms with Gasteiger partial charge in [-0.25, -0.2) is 4.98 Å². The molecule has 0 fully saturated rings. The van der Waals surface area contributed by atoms with Crippen molar-refractivity contribution in [3.63, 3.8) is 0 Å². The zero-order chi connectivity index (χ0) is 13.4. The fourth-order valence-electron chi connectivity index (χ4n) is 1.95. The zero-order valence-corrected chi connectivity index (χ0v) is 11.6. The second kappa shape index (κ2) is 4.59. The molecule has 2 heterocycles. The van der Waals surface area contributed by atoms with E-state index in [1.807, 2.05) is 24.3 Å². The molecule has 0 unspecified atom stereocenters. The number of nitrogens with two attached hydrogens (primary N) is 1. The number of oxazole rings is 1. The third kappa shape index (κ3) is 2.06. The summed E-state index contributed by atoms with van der Waals surface area (Å²) in [5, 5.41) is 0.746. The number of nitrogens with zero attached hydrogens (tertiary/aromatic N) is 1. The van der Waals surface area contributed by atoms with Crippen LogP contribution >= 0.6 is 11.3 Å². The number of aryl methyl sites for hydroxylation is 1. The molecule has 0 saturated heterocycles. The predicted octanol–water partition coefficient (Wildman–Crippen LogP) is 3.71. The minimum absolute atomic E-state index is 0.566. The molecule has 98 valence electrons. The Labute approximate surface area is 114 Å². The van der Waals surface area contributed by atoms with Gasteiger partial charge in [0.2, 0.25) is 5.89 Å². The van der Waals surface area contributed by atoms with Gasteiger partial charge in [0.15, 0.2) is 5.58 Å². The number of methoxy groups -OCH3 is 1. The average Bonchev–Trinajstić information content (AvgIpc) is 3.00. The van der Waals surface area contributed by atoms with Crippen LogP contribution in [0.2, 0.25) is 0 Å². The average molecular weight is 274 g/mol. The Morgan fingerprint density at radius 3 is 2.89 bits per heavy atom. The SMILES string of the molecule is CCc1cc(-c2nc3ccc(OC)cc3o2)c(N)s1. The summed E-state index contributed by atoms with van der Waals surface area (Å²) in [6.07, 6.45) is 0.961. The molecule has 0 saturated carbocycles. The smallest absolute Gasteiger partial charge is 0.230 e. The molecule has 3 aromatic rings. The molecule has 0 amide bonds. The monoisotopic (exact) mass is 274 g/mol. The lowest BCUT2D eigenvalue weighted by Gasteiger charge is -1.95. The second-order valence-corrected chi connectivity index (χ2v) is 5.37. The molecule has 0 aliphatic carbocycles.